The lowest BCUT2D eigenvalue weighted by Gasteiger charge is -2.42. The molecule has 1 aliphatic heterocycles. The van der Waals surface area contributed by atoms with Crippen molar-refractivity contribution >= 4 is 0 Å². The zero-order valence-electron chi connectivity index (χ0n) is 9.33. The lowest BCUT2D eigenvalue weighted by atomic mass is 9.80. The van der Waals surface area contributed by atoms with Crippen molar-refractivity contribution in [2.75, 3.05) is 26.2 Å². The van der Waals surface area contributed by atoms with Gasteiger partial charge in [0, 0.05) is 25.7 Å². The molecule has 2 N–H and O–H groups in total. The van der Waals surface area contributed by atoms with Gasteiger partial charge in [0.1, 0.15) is 0 Å². The summed E-state index contributed by atoms with van der Waals surface area (Å²) in [4.78, 5) is 2.53. The Morgan fingerprint density at radius 2 is 2.14 bits per heavy atom. The molecule has 1 aliphatic carbocycles. The maximum absolute atomic E-state index is 5.78. The van der Waals surface area contributed by atoms with Crippen LogP contribution >= 0.6 is 0 Å². The normalized spacial score (nSPS) is 37.9. The van der Waals surface area contributed by atoms with E-state index < -0.39 is 0 Å². The molecule has 2 rings (SSSR count). The predicted octanol–water partition coefficient (Wildman–Crippen LogP) is 0.834. The van der Waals surface area contributed by atoms with Crippen molar-refractivity contribution in [2.24, 2.45) is 11.7 Å². The van der Waals surface area contributed by atoms with Gasteiger partial charge < -0.3 is 10.5 Å². The molecule has 0 spiro atoms. The third-order valence-corrected chi connectivity index (χ3v) is 3.29. The van der Waals surface area contributed by atoms with Gasteiger partial charge in [0.15, 0.2) is 0 Å². The molecule has 1 heterocycles. The number of nitrogens with zero attached hydrogens (tertiary/aromatic N) is 1. The van der Waals surface area contributed by atoms with Gasteiger partial charge in [-0.05, 0) is 32.6 Å². The summed E-state index contributed by atoms with van der Waals surface area (Å²) in [5, 5.41) is 0. The fourth-order valence-corrected chi connectivity index (χ4v) is 2.57. The quantitative estimate of drug-likeness (QED) is 0.714. The lowest BCUT2D eigenvalue weighted by Crippen LogP contribution is -2.51. The first-order chi connectivity index (χ1) is 6.55. The van der Waals surface area contributed by atoms with Gasteiger partial charge in [-0.3, -0.25) is 4.90 Å². The van der Waals surface area contributed by atoms with Crippen molar-refractivity contribution in [2.45, 2.75) is 38.3 Å². The Kier molecular flexibility index (Phi) is 2.82. The van der Waals surface area contributed by atoms with Crippen molar-refractivity contribution in [3.05, 3.63) is 0 Å². The van der Waals surface area contributed by atoms with Crippen LogP contribution in [0.4, 0.5) is 0 Å². The van der Waals surface area contributed by atoms with Crippen LogP contribution in [0.1, 0.15) is 26.7 Å². The van der Waals surface area contributed by atoms with E-state index in [2.05, 4.69) is 18.7 Å². The van der Waals surface area contributed by atoms with Crippen LogP contribution in [-0.4, -0.2) is 42.8 Å². The Balaban J connectivity index is 1.75. The average Bonchev–Trinajstić information content (AvgIpc) is 1.99. The van der Waals surface area contributed by atoms with Gasteiger partial charge in [-0.1, -0.05) is 0 Å². The van der Waals surface area contributed by atoms with Gasteiger partial charge in [-0.15, -0.1) is 0 Å². The van der Waals surface area contributed by atoms with Crippen LogP contribution in [0, 0.1) is 5.92 Å². The maximum atomic E-state index is 5.78. The Labute approximate surface area is 86.6 Å². The van der Waals surface area contributed by atoms with Gasteiger partial charge >= 0.3 is 0 Å². The Hall–Kier alpha value is -0.120. The Morgan fingerprint density at radius 1 is 1.43 bits per heavy atom. The minimum atomic E-state index is 0.0457. The monoisotopic (exact) mass is 198 g/mol. The predicted molar refractivity (Wildman–Crippen MR) is 57.2 cm³/mol. The van der Waals surface area contributed by atoms with Crippen LogP contribution in [0.5, 0.6) is 0 Å². The molecule has 3 heteroatoms. The highest BCUT2D eigenvalue weighted by atomic mass is 16.5. The molecule has 0 bridgehead atoms. The summed E-state index contributed by atoms with van der Waals surface area (Å²) < 4.78 is 5.68. The smallest absolute Gasteiger partial charge is 0.0753 e. The molecule has 1 saturated heterocycles. The fraction of sp³-hybridized carbons (Fsp3) is 1.00. The molecule has 14 heavy (non-hydrogen) atoms. The van der Waals surface area contributed by atoms with E-state index >= 15 is 0 Å². The molecule has 2 aliphatic rings. The molecule has 0 unspecified atom stereocenters. The van der Waals surface area contributed by atoms with E-state index in [9.17, 15) is 0 Å². The summed E-state index contributed by atoms with van der Waals surface area (Å²) in [6.07, 6.45) is 2.44. The highest BCUT2D eigenvalue weighted by Crippen LogP contribution is 2.28. The first-order valence-corrected chi connectivity index (χ1v) is 5.67. The van der Waals surface area contributed by atoms with Crippen LogP contribution in [-0.2, 0) is 4.74 Å². The molecule has 0 radical (unpaired) electrons. The molecule has 82 valence electrons. The van der Waals surface area contributed by atoms with Gasteiger partial charge in [-0.2, -0.15) is 0 Å². The summed E-state index contributed by atoms with van der Waals surface area (Å²) in [7, 11) is 0. The molecule has 0 amide bonds. The topological polar surface area (TPSA) is 38.5 Å². The van der Waals surface area contributed by atoms with Crippen molar-refractivity contribution in [3.63, 3.8) is 0 Å². The molecule has 2 fully saturated rings. The summed E-state index contributed by atoms with van der Waals surface area (Å²) in [5.74, 6) is 0.846. The standard InChI is InChI=1S/C11H22N2O/c1-11(2)8-13(3-4-14-11)7-9-5-10(12)6-9/h9-10H,3-8,12H2,1-2H3. The molecule has 0 aromatic heterocycles. The number of rotatable bonds is 2. The summed E-state index contributed by atoms with van der Waals surface area (Å²) in [5.41, 5.74) is 5.83. The average molecular weight is 198 g/mol. The largest absolute Gasteiger partial charge is 0.373 e. The zero-order valence-corrected chi connectivity index (χ0v) is 9.33. The number of morpholine rings is 1. The summed E-state index contributed by atoms with van der Waals surface area (Å²) in [6.45, 7) is 8.61. The molecule has 3 nitrogen and oxygen atoms in total. The summed E-state index contributed by atoms with van der Waals surface area (Å²) in [6, 6.07) is 0.481. The second-order valence-electron chi connectivity index (χ2n) is 5.44. The molecule has 0 atom stereocenters. The summed E-state index contributed by atoms with van der Waals surface area (Å²) >= 11 is 0. The van der Waals surface area contributed by atoms with Crippen molar-refractivity contribution in [1.29, 1.82) is 0 Å². The Morgan fingerprint density at radius 3 is 2.71 bits per heavy atom. The van der Waals surface area contributed by atoms with Gasteiger partial charge in [0.05, 0.1) is 12.2 Å². The minimum Gasteiger partial charge on any atom is -0.373 e. The third kappa shape index (κ3) is 2.47. The SMILES string of the molecule is CC1(C)CN(CC2CC(N)C2)CCO1. The van der Waals surface area contributed by atoms with E-state index in [0.29, 0.717) is 6.04 Å². The van der Waals surface area contributed by atoms with Crippen molar-refractivity contribution in [3.8, 4) is 0 Å². The molecular weight excluding hydrogens is 176 g/mol. The maximum Gasteiger partial charge on any atom is 0.0753 e. The number of hydrogen-bond acceptors (Lipinski definition) is 3. The molecule has 0 aromatic rings. The molecular formula is C11H22N2O. The lowest BCUT2D eigenvalue weighted by molar-refractivity contribution is -0.0915. The number of ether oxygens (including phenoxy) is 1. The molecule has 1 saturated carbocycles. The third-order valence-electron chi connectivity index (χ3n) is 3.29. The number of nitrogens with two attached hydrogens (primary N) is 1. The van der Waals surface area contributed by atoms with E-state index in [0.717, 1.165) is 25.6 Å². The van der Waals surface area contributed by atoms with Gasteiger partial charge in [-0.25, -0.2) is 0 Å². The minimum absolute atomic E-state index is 0.0457. The second kappa shape index (κ2) is 3.80. The highest BCUT2D eigenvalue weighted by molar-refractivity contribution is 4.87. The van der Waals surface area contributed by atoms with Crippen LogP contribution in [0.15, 0.2) is 0 Å². The van der Waals surface area contributed by atoms with Crippen LogP contribution in [0.25, 0.3) is 0 Å². The van der Waals surface area contributed by atoms with Crippen LogP contribution in [0.3, 0.4) is 0 Å². The fourth-order valence-electron chi connectivity index (χ4n) is 2.57. The zero-order chi connectivity index (χ0) is 10.2. The van der Waals surface area contributed by atoms with Crippen molar-refractivity contribution < 1.29 is 4.74 Å². The highest BCUT2D eigenvalue weighted by Gasteiger charge is 2.32. The van der Waals surface area contributed by atoms with E-state index in [1.807, 2.05) is 0 Å². The van der Waals surface area contributed by atoms with Crippen LogP contribution < -0.4 is 5.73 Å². The second-order valence-corrected chi connectivity index (χ2v) is 5.44. The van der Waals surface area contributed by atoms with E-state index in [4.69, 9.17) is 10.5 Å². The first kappa shape index (κ1) is 10.4. The van der Waals surface area contributed by atoms with Crippen LogP contribution in [0.2, 0.25) is 0 Å². The number of hydrogen-bond donors (Lipinski definition) is 1. The molecule has 0 aromatic carbocycles. The van der Waals surface area contributed by atoms with Crippen molar-refractivity contribution in [1.82, 2.24) is 4.90 Å². The van der Waals surface area contributed by atoms with E-state index in [1.165, 1.54) is 19.4 Å². The van der Waals surface area contributed by atoms with E-state index in [-0.39, 0.29) is 5.60 Å². The Bertz CT molecular complexity index is 199. The van der Waals surface area contributed by atoms with E-state index in [1.54, 1.807) is 0 Å². The first-order valence-electron chi connectivity index (χ1n) is 5.67. The van der Waals surface area contributed by atoms with Gasteiger partial charge in [0.2, 0.25) is 0 Å². The van der Waals surface area contributed by atoms with Gasteiger partial charge in [0.25, 0.3) is 0 Å².